The van der Waals surface area contributed by atoms with Gasteiger partial charge in [0, 0.05) is 37.1 Å². The summed E-state index contributed by atoms with van der Waals surface area (Å²) in [6, 6.07) is 6.84. The van der Waals surface area contributed by atoms with Crippen LogP contribution in [-0.2, 0) is 19.6 Å². The molecule has 0 saturated carbocycles. The molecule has 2 aliphatic rings. The van der Waals surface area contributed by atoms with Crippen molar-refractivity contribution in [3.05, 3.63) is 59.2 Å². The van der Waals surface area contributed by atoms with Crippen LogP contribution < -0.4 is 4.74 Å². The lowest BCUT2D eigenvalue weighted by Gasteiger charge is -2.38. The number of hydrogen-bond donors (Lipinski definition) is 0. The number of aromatic nitrogens is 1. The summed E-state index contributed by atoms with van der Waals surface area (Å²) in [6.45, 7) is 7.15. The second-order valence-electron chi connectivity index (χ2n) is 8.86. The van der Waals surface area contributed by atoms with Gasteiger partial charge in [-0.05, 0) is 76.2 Å². The van der Waals surface area contributed by atoms with E-state index in [1.807, 2.05) is 29.7 Å². The predicted octanol–water partition coefficient (Wildman–Crippen LogP) is 4.04. The van der Waals surface area contributed by atoms with Gasteiger partial charge in [-0.3, -0.25) is 4.98 Å². The zero-order valence-corrected chi connectivity index (χ0v) is 18.6. The van der Waals surface area contributed by atoms with Crippen LogP contribution in [0.25, 0.3) is 0 Å². The van der Waals surface area contributed by atoms with Gasteiger partial charge in [-0.1, -0.05) is 6.07 Å². The third-order valence-electron chi connectivity index (χ3n) is 6.10. The molecule has 0 radical (unpaired) electrons. The van der Waals surface area contributed by atoms with Crippen molar-refractivity contribution in [3.63, 3.8) is 0 Å². The van der Waals surface area contributed by atoms with Gasteiger partial charge in [0.05, 0.1) is 12.6 Å². The van der Waals surface area contributed by atoms with Crippen molar-refractivity contribution >= 4 is 6.03 Å². The fourth-order valence-corrected chi connectivity index (χ4v) is 4.43. The summed E-state index contributed by atoms with van der Waals surface area (Å²) >= 11 is 0. The quantitative estimate of drug-likeness (QED) is 0.724. The van der Waals surface area contributed by atoms with E-state index >= 15 is 0 Å². The van der Waals surface area contributed by atoms with E-state index in [-0.39, 0.29) is 24.0 Å². The van der Waals surface area contributed by atoms with Gasteiger partial charge < -0.3 is 19.4 Å². The smallest absolute Gasteiger partial charge is 0.321 e. The molecule has 31 heavy (non-hydrogen) atoms. The van der Waals surface area contributed by atoms with Crippen molar-refractivity contribution < 1.29 is 13.9 Å². The van der Waals surface area contributed by atoms with Crippen LogP contribution in [0.1, 0.15) is 43.4 Å². The molecule has 2 aliphatic heterocycles. The van der Waals surface area contributed by atoms with E-state index in [1.165, 1.54) is 6.07 Å². The van der Waals surface area contributed by atoms with Crippen LogP contribution >= 0.6 is 0 Å². The number of nitrogens with zero attached hydrogens (tertiary/aromatic N) is 4. The molecular formula is C24H31FN4O2. The summed E-state index contributed by atoms with van der Waals surface area (Å²) in [5, 5.41) is 0. The third kappa shape index (κ3) is 4.98. The van der Waals surface area contributed by atoms with Gasteiger partial charge in [0.25, 0.3) is 0 Å². The number of piperidine rings is 1. The van der Waals surface area contributed by atoms with Crippen LogP contribution in [0, 0.1) is 5.82 Å². The molecule has 2 amide bonds. The average molecular weight is 427 g/mol. The van der Waals surface area contributed by atoms with Gasteiger partial charge in [0.1, 0.15) is 11.6 Å². The number of carbonyl (C=O) groups excluding carboxylic acids is 1. The second kappa shape index (κ2) is 9.22. The number of halogens is 1. The summed E-state index contributed by atoms with van der Waals surface area (Å²) in [5.41, 5.74) is 2.75. The summed E-state index contributed by atoms with van der Waals surface area (Å²) in [6.07, 6.45) is 5.35. The Morgan fingerprint density at radius 2 is 1.94 bits per heavy atom. The van der Waals surface area contributed by atoms with Crippen LogP contribution in [0.2, 0.25) is 0 Å². The topological polar surface area (TPSA) is 48.9 Å². The molecule has 1 aromatic heterocycles. The first-order valence-electron chi connectivity index (χ1n) is 11.0. The fraction of sp³-hybridized carbons (Fsp3) is 0.500. The minimum absolute atomic E-state index is 0.00879. The highest BCUT2D eigenvalue weighted by Gasteiger charge is 2.33. The van der Waals surface area contributed by atoms with Gasteiger partial charge in [-0.25, -0.2) is 9.18 Å². The molecule has 0 spiro atoms. The number of benzene rings is 1. The van der Waals surface area contributed by atoms with Crippen molar-refractivity contribution in [2.45, 2.75) is 58.5 Å². The molecule has 1 saturated heterocycles. The number of carbonyl (C=O) groups is 1. The Bertz CT molecular complexity index is 928. The summed E-state index contributed by atoms with van der Waals surface area (Å²) in [5.74, 6) is 0.482. The number of ether oxygens (including phenoxy) is 1. The van der Waals surface area contributed by atoms with E-state index in [2.05, 4.69) is 16.9 Å². The zero-order chi connectivity index (χ0) is 22.0. The van der Waals surface area contributed by atoms with Crippen LogP contribution in [0.15, 0.2) is 36.7 Å². The highest BCUT2D eigenvalue weighted by Crippen LogP contribution is 2.29. The van der Waals surface area contributed by atoms with Crippen LogP contribution in [0.3, 0.4) is 0 Å². The van der Waals surface area contributed by atoms with Gasteiger partial charge in [-0.2, -0.15) is 0 Å². The minimum atomic E-state index is -0.261. The number of likely N-dealkylation sites (tertiary alicyclic amines) is 1. The SMILES string of the molecule is CC(C)Oc1ccncc1CN1Cc2ccc(F)cc2CN(C2CCN(C)CC2)C1=O. The molecule has 0 N–H and O–H groups in total. The van der Waals surface area contributed by atoms with Crippen molar-refractivity contribution in [2.24, 2.45) is 0 Å². The number of amides is 2. The Hall–Kier alpha value is -2.67. The van der Waals surface area contributed by atoms with E-state index in [9.17, 15) is 9.18 Å². The van der Waals surface area contributed by atoms with E-state index in [4.69, 9.17) is 4.74 Å². The van der Waals surface area contributed by atoms with Crippen molar-refractivity contribution in [1.29, 1.82) is 0 Å². The number of rotatable bonds is 5. The Kier molecular flexibility index (Phi) is 6.41. The molecule has 6 nitrogen and oxygen atoms in total. The van der Waals surface area contributed by atoms with Crippen LogP contribution in [0.5, 0.6) is 5.75 Å². The number of pyridine rings is 1. The Balaban J connectivity index is 1.65. The monoisotopic (exact) mass is 426 g/mol. The van der Waals surface area contributed by atoms with Gasteiger partial charge in [-0.15, -0.1) is 0 Å². The molecule has 4 rings (SSSR count). The molecule has 0 atom stereocenters. The zero-order valence-electron chi connectivity index (χ0n) is 18.6. The molecule has 7 heteroatoms. The van der Waals surface area contributed by atoms with E-state index in [1.54, 1.807) is 24.5 Å². The van der Waals surface area contributed by atoms with Crippen molar-refractivity contribution in [1.82, 2.24) is 19.7 Å². The average Bonchev–Trinajstić information content (AvgIpc) is 2.86. The lowest BCUT2D eigenvalue weighted by atomic mass is 10.0. The first-order chi connectivity index (χ1) is 14.9. The van der Waals surface area contributed by atoms with Gasteiger partial charge in [0.15, 0.2) is 0 Å². The van der Waals surface area contributed by atoms with Gasteiger partial charge >= 0.3 is 6.03 Å². The maximum atomic E-state index is 14.0. The summed E-state index contributed by atoms with van der Waals surface area (Å²) < 4.78 is 20.0. The van der Waals surface area contributed by atoms with E-state index in [0.717, 1.165) is 48.4 Å². The second-order valence-corrected chi connectivity index (χ2v) is 8.86. The largest absolute Gasteiger partial charge is 0.491 e. The molecule has 3 heterocycles. The Labute approximate surface area is 183 Å². The first-order valence-corrected chi connectivity index (χ1v) is 11.0. The highest BCUT2D eigenvalue weighted by molar-refractivity contribution is 5.76. The molecule has 1 aromatic carbocycles. The van der Waals surface area contributed by atoms with Crippen molar-refractivity contribution in [2.75, 3.05) is 20.1 Å². The summed E-state index contributed by atoms with van der Waals surface area (Å²) in [4.78, 5) is 24.0. The number of urea groups is 1. The van der Waals surface area contributed by atoms with E-state index < -0.39 is 0 Å². The van der Waals surface area contributed by atoms with Crippen LogP contribution in [0.4, 0.5) is 9.18 Å². The van der Waals surface area contributed by atoms with Gasteiger partial charge in [0.2, 0.25) is 0 Å². The third-order valence-corrected chi connectivity index (χ3v) is 6.10. The maximum absolute atomic E-state index is 14.0. The Morgan fingerprint density at radius 3 is 2.68 bits per heavy atom. The molecule has 2 aromatic rings. The van der Waals surface area contributed by atoms with Crippen molar-refractivity contribution in [3.8, 4) is 5.75 Å². The molecular weight excluding hydrogens is 395 g/mol. The predicted molar refractivity (Wildman–Crippen MR) is 117 cm³/mol. The normalized spacial score (nSPS) is 18.3. The molecule has 0 aliphatic carbocycles. The number of hydrogen-bond acceptors (Lipinski definition) is 4. The standard InChI is InChI=1S/C24H31FN4O2/c1-17(2)31-23-6-9-26-13-20(23)15-28-14-18-4-5-21(25)12-19(18)16-29(24(28)30)22-7-10-27(3)11-8-22/h4-6,9,12-13,17,22H,7-8,10-11,14-16H2,1-3H3. The highest BCUT2D eigenvalue weighted by atomic mass is 19.1. The first kappa shape index (κ1) is 21.6. The lowest BCUT2D eigenvalue weighted by Crippen LogP contribution is -2.49. The Morgan fingerprint density at radius 1 is 1.16 bits per heavy atom. The minimum Gasteiger partial charge on any atom is -0.491 e. The van der Waals surface area contributed by atoms with E-state index in [0.29, 0.717) is 19.6 Å². The molecule has 166 valence electrons. The molecule has 0 bridgehead atoms. The van der Waals surface area contributed by atoms with Crippen LogP contribution in [-0.4, -0.2) is 58.0 Å². The molecule has 0 unspecified atom stereocenters. The molecule has 1 fully saturated rings. The lowest BCUT2D eigenvalue weighted by molar-refractivity contribution is 0.101. The number of fused-ring (bicyclic) bond motifs is 1. The maximum Gasteiger partial charge on any atom is 0.321 e. The summed E-state index contributed by atoms with van der Waals surface area (Å²) in [7, 11) is 2.11. The fourth-order valence-electron chi connectivity index (χ4n) is 4.43.